The van der Waals surface area contributed by atoms with Gasteiger partial charge in [0.25, 0.3) is 0 Å². The van der Waals surface area contributed by atoms with Crippen molar-refractivity contribution >= 4 is 22.6 Å². The zero-order valence-electron chi connectivity index (χ0n) is 8.17. The summed E-state index contributed by atoms with van der Waals surface area (Å²) in [7, 11) is 0. The van der Waals surface area contributed by atoms with Crippen LogP contribution in [-0.4, -0.2) is 0 Å². The molecule has 0 saturated carbocycles. The number of nitrogens with two attached hydrogens (primary N) is 1. The van der Waals surface area contributed by atoms with E-state index in [9.17, 15) is 0 Å². The van der Waals surface area contributed by atoms with E-state index >= 15 is 0 Å². The molecule has 0 aliphatic heterocycles. The van der Waals surface area contributed by atoms with Crippen molar-refractivity contribution < 1.29 is 4.42 Å². The van der Waals surface area contributed by atoms with Gasteiger partial charge in [0, 0.05) is 5.39 Å². The number of halogens is 1. The molecule has 0 aliphatic rings. The molecule has 0 bridgehead atoms. The van der Waals surface area contributed by atoms with E-state index in [0.29, 0.717) is 5.02 Å². The first-order valence-corrected chi connectivity index (χ1v) is 4.91. The van der Waals surface area contributed by atoms with Crippen LogP contribution < -0.4 is 5.73 Å². The second kappa shape index (κ2) is 3.30. The summed E-state index contributed by atoms with van der Waals surface area (Å²) in [5.41, 5.74) is 7.58. The smallest absolute Gasteiger partial charge is 0.152 e. The Bertz CT molecular complexity index is 473. The number of rotatable bonds is 1. The largest absolute Gasteiger partial charge is 0.458 e. The molecule has 2 nitrogen and oxygen atoms in total. The summed E-state index contributed by atoms with van der Waals surface area (Å²) in [6, 6.07) is 5.77. The first-order chi connectivity index (χ1) is 6.58. The SMILES string of the molecule is Cc1cc(Cl)c2oc(C(C)N)cc2c1. The predicted molar refractivity (Wildman–Crippen MR) is 58.6 cm³/mol. The molecule has 3 heteroatoms. The molecule has 1 atom stereocenters. The van der Waals surface area contributed by atoms with Crippen LogP contribution in [0.25, 0.3) is 11.0 Å². The van der Waals surface area contributed by atoms with Crippen LogP contribution in [0.5, 0.6) is 0 Å². The van der Waals surface area contributed by atoms with Gasteiger partial charge in [0.1, 0.15) is 5.76 Å². The van der Waals surface area contributed by atoms with Crippen LogP contribution in [0.2, 0.25) is 5.02 Å². The molecule has 74 valence electrons. The molecule has 0 amide bonds. The molecule has 0 aliphatic carbocycles. The van der Waals surface area contributed by atoms with E-state index in [1.165, 1.54) is 0 Å². The quantitative estimate of drug-likeness (QED) is 0.782. The monoisotopic (exact) mass is 209 g/mol. The highest BCUT2D eigenvalue weighted by Gasteiger charge is 2.10. The van der Waals surface area contributed by atoms with Gasteiger partial charge in [-0.15, -0.1) is 0 Å². The number of furan rings is 1. The zero-order chi connectivity index (χ0) is 10.3. The van der Waals surface area contributed by atoms with Crippen LogP contribution >= 0.6 is 11.6 Å². The number of hydrogen-bond acceptors (Lipinski definition) is 2. The summed E-state index contributed by atoms with van der Waals surface area (Å²) in [4.78, 5) is 0. The fourth-order valence-electron chi connectivity index (χ4n) is 1.50. The number of hydrogen-bond donors (Lipinski definition) is 1. The minimum absolute atomic E-state index is 0.0984. The number of aryl methyl sites for hydroxylation is 1. The molecule has 1 aromatic carbocycles. The molecule has 1 unspecified atom stereocenters. The summed E-state index contributed by atoms with van der Waals surface area (Å²) >= 11 is 6.05. The average Bonchev–Trinajstić information content (AvgIpc) is 2.47. The van der Waals surface area contributed by atoms with Crippen molar-refractivity contribution in [2.75, 3.05) is 0 Å². The van der Waals surface area contributed by atoms with Crippen molar-refractivity contribution in [3.05, 3.63) is 34.5 Å². The van der Waals surface area contributed by atoms with E-state index in [0.717, 1.165) is 22.3 Å². The van der Waals surface area contributed by atoms with Crippen molar-refractivity contribution in [1.82, 2.24) is 0 Å². The summed E-state index contributed by atoms with van der Waals surface area (Å²) in [5.74, 6) is 0.771. The lowest BCUT2D eigenvalue weighted by Crippen LogP contribution is -2.02. The molecule has 1 heterocycles. The van der Waals surface area contributed by atoms with Gasteiger partial charge in [-0.1, -0.05) is 11.6 Å². The number of fused-ring (bicyclic) bond motifs is 1. The third kappa shape index (κ3) is 1.51. The van der Waals surface area contributed by atoms with Gasteiger partial charge in [0.2, 0.25) is 0 Å². The van der Waals surface area contributed by atoms with E-state index < -0.39 is 0 Å². The molecular formula is C11H12ClNO. The molecule has 0 radical (unpaired) electrons. The standard InChI is InChI=1S/C11H12ClNO/c1-6-3-8-5-10(7(2)13)14-11(8)9(12)4-6/h3-5,7H,13H2,1-2H3. The lowest BCUT2D eigenvalue weighted by molar-refractivity contribution is 0.513. The van der Waals surface area contributed by atoms with Crippen molar-refractivity contribution in [2.45, 2.75) is 19.9 Å². The van der Waals surface area contributed by atoms with Crippen LogP contribution in [-0.2, 0) is 0 Å². The van der Waals surface area contributed by atoms with E-state index in [1.54, 1.807) is 0 Å². The van der Waals surface area contributed by atoms with Crippen LogP contribution in [0.1, 0.15) is 24.3 Å². The van der Waals surface area contributed by atoms with Crippen LogP contribution in [0.15, 0.2) is 22.6 Å². The normalized spacial score (nSPS) is 13.4. The highest BCUT2D eigenvalue weighted by molar-refractivity contribution is 6.34. The van der Waals surface area contributed by atoms with E-state index in [2.05, 4.69) is 0 Å². The molecule has 0 saturated heterocycles. The lowest BCUT2D eigenvalue weighted by atomic mass is 10.1. The Hall–Kier alpha value is -0.990. The fraction of sp³-hybridized carbons (Fsp3) is 0.273. The number of benzene rings is 1. The highest BCUT2D eigenvalue weighted by atomic mass is 35.5. The minimum Gasteiger partial charge on any atom is -0.458 e. The highest BCUT2D eigenvalue weighted by Crippen LogP contribution is 2.29. The van der Waals surface area contributed by atoms with Gasteiger partial charge in [-0.2, -0.15) is 0 Å². The maximum absolute atomic E-state index is 6.05. The molecule has 14 heavy (non-hydrogen) atoms. The third-order valence-electron chi connectivity index (χ3n) is 2.18. The van der Waals surface area contributed by atoms with Crippen molar-refractivity contribution in [2.24, 2.45) is 5.73 Å². The summed E-state index contributed by atoms with van der Waals surface area (Å²) in [5, 5.41) is 1.66. The molecule has 0 fully saturated rings. The Morgan fingerprint density at radius 3 is 2.71 bits per heavy atom. The second-order valence-corrected chi connectivity index (χ2v) is 4.01. The summed E-state index contributed by atoms with van der Waals surface area (Å²) < 4.78 is 5.56. The maximum Gasteiger partial charge on any atom is 0.152 e. The minimum atomic E-state index is -0.0984. The van der Waals surface area contributed by atoms with Gasteiger partial charge in [0.15, 0.2) is 5.58 Å². The van der Waals surface area contributed by atoms with Crippen molar-refractivity contribution in [3.8, 4) is 0 Å². The third-order valence-corrected chi connectivity index (χ3v) is 2.46. The van der Waals surface area contributed by atoms with Crippen molar-refractivity contribution in [1.29, 1.82) is 0 Å². The molecule has 1 aromatic heterocycles. The van der Waals surface area contributed by atoms with Gasteiger partial charge in [-0.05, 0) is 37.6 Å². The Morgan fingerprint density at radius 2 is 2.07 bits per heavy atom. The molecule has 2 rings (SSSR count). The Morgan fingerprint density at radius 1 is 1.36 bits per heavy atom. The Balaban J connectivity index is 2.70. The Kier molecular flexibility index (Phi) is 2.25. The summed E-state index contributed by atoms with van der Waals surface area (Å²) in [6.45, 7) is 3.89. The van der Waals surface area contributed by atoms with Crippen LogP contribution in [0, 0.1) is 6.92 Å². The van der Waals surface area contributed by atoms with Gasteiger partial charge in [-0.25, -0.2) is 0 Å². The predicted octanol–water partition coefficient (Wildman–Crippen LogP) is 3.41. The molecular weight excluding hydrogens is 198 g/mol. The fourth-order valence-corrected chi connectivity index (χ4v) is 1.82. The van der Waals surface area contributed by atoms with Crippen molar-refractivity contribution in [3.63, 3.8) is 0 Å². The van der Waals surface area contributed by atoms with Gasteiger partial charge in [-0.3, -0.25) is 0 Å². The zero-order valence-corrected chi connectivity index (χ0v) is 8.93. The maximum atomic E-state index is 6.05. The Labute approximate surface area is 87.6 Å². The van der Waals surface area contributed by atoms with Gasteiger partial charge < -0.3 is 10.2 Å². The van der Waals surface area contributed by atoms with E-state index in [-0.39, 0.29) is 6.04 Å². The van der Waals surface area contributed by atoms with Gasteiger partial charge in [0.05, 0.1) is 11.1 Å². The van der Waals surface area contributed by atoms with Crippen LogP contribution in [0.3, 0.4) is 0 Å². The molecule has 2 N–H and O–H groups in total. The van der Waals surface area contributed by atoms with Gasteiger partial charge >= 0.3 is 0 Å². The summed E-state index contributed by atoms with van der Waals surface area (Å²) in [6.07, 6.45) is 0. The first kappa shape index (κ1) is 9.56. The first-order valence-electron chi connectivity index (χ1n) is 4.53. The topological polar surface area (TPSA) is 39.2 Å². The average molecular weight is 210 g/mol. The van der Waals surface area contributed by atoms with Crippen LogP contribution in [0.4, 0.5) is 0 Å². The lowest BCUT2D eigenvalue weighted by Gasteiger charge is -1.97. The second-order valence-electron chi connectivity index (χ2n) is 3.60. The van der Waals surface area contributed by atoms with E-state index in [1.807, 2.05) is 32.0 Å². The van der Waals surface area contributed by atoms with E-state index in [4.69, 9.17) is 21.8 Å². The molecule has 2 aromatic rings. The molecule has 0 spiro atoms.